The van der Waals surface area contributed by atoms with E-state index in [4.69, 9.17) is 10.00 Å². The average molecular weight is 297 g/mol. The first kappa shape index (κ1) is 13.2. The van der Waals surface area contributed by atoms with Crippen molar-refractivity contribution in [3.8, 4) is 11.8 Å². The highest BCUT2D eigenvalue weighted by molar-refractivity contribution is 9.10. The summed E-state index contributed by atoms with van der Waals surface area (Å²) in [6.07, 6.45) is 0.687. The van der Waals surface area contributed by atoms with E-state index in [2.05, 4.69) is 21.2 Å². The molecular formula is C11H9BrN2O3. The molecule has 0 heterocycles. The van der Waals surface area contributed by atoms with Gasteiger partial charge >= 0.3 is 0 Å². The first-order valence-corrected chi connectivity index (χ1v) is 5.48. The second-order valence-electron chi connectivity index (χ2n) is 3.02. The van der Waals surface area contributed by atoms with Crippen molar-refractivity contribution < 1.29 is 14.3 Å². The number of nitrogens with zero attached hydrogens (tertiary/aromatic N) is 1. The van der Waals surface area contributed by atoms with E-state index in [1.807, 2.05) is 0 Å². The SMILES string of the molecule is N#CCNC(=O)COc1ccc(Br)c(C=O)c1. The van der Waals surface area contributed by atoms with Crippen LogP contribution in [0.2, 0.25) is 0 Å². The van der Waals surface area contributed by atoms with Crippen LogP contribution < -0.4 is 10.1 Å². The molecule has 0 saturated carbocycles. The Morgan fingerprint density at radius 3 is 3.00 bits per heavy atom. The smallest absolute Gasteiger partial charge is 0.258 e. The van der Waals surface area contributed by atoms with Crippen molar-refractivity contribution in [2.75, 3.05) is 13.2 Å². The van der Waals surface area contributed by atoms with Crippen LogP contribution in [0.4, 0.5) is 0 Å². The summed E-state index contributed by atoms with van der Waals surface area (Å²) in [7, 11) is 0. The third-order valence-electron chi connectivity index (χ3n) is 1.83. The van der Waals surface area contributed by atoms with Gasteiger partial charge in [-0.05, 0) is 18.2 Å². The zero-order valence-electron chi connectivity index (χ0n) is 8.77. The van der Waals surface area contributed by atoms with Crippen LogP contribution in [0.1, 0.15) is 10.4 Å². The lowest BCUT2D eigenvalue weighted by Gasteiger charge is -2.06. The number of ether oxygens (including phenoxy) is 1. The molecule has 1 aromatic carbocycles. The first-order valence-electron chi connectivity index (χ1n) is 4.68. The van der Waals surface area contributed by atoms with Crippen LogP contribution in [0.5, 0.6) is 5.75 Å². The number of amides is 1. The molecule has 0 aliphatic carbocycles. The molecule has 0 unspecified atom stereocenters. The number of hydrogen-bond donors (Lipinski definition) is 1. The fourth-order valence-corrected chi connectivity index (χ4v) is 1.38. The number of rotatable bonds is 5. The Labute approximate surface area is 107 Å². The van der Waals surface area contributed by atoms with Crippen molar-refractivity contribution in [1.29, 1.82) is 5.26 Å². The molecule has 0 spiro atoms. The number of nitriles is 1. The van der Waals surface area contributed by atoms with Gasteiger partial charge in [0.15, 0.2) is 12.9 Å². The van der Waals surface area contributed by atoms with Crippen LogP contribution in [0.25, 0.3) is 0 Å². The zero-order chi connectivity index (χ0) is 12.7. The minimum Gasteiger partial charge on any atom is -0.484 e. The highest BCUT2D eigenvalue weighted by atomic mass is 79.9. The Morgan fingerprint density at radius 2 is 2.35 bits per heavy atom. The van der Waals surface area contributed by atoms with E-state index in [-0.39, 0.29) is 19.1 Å². The van der Waals surface area contributed by atoms with E-state index in [1.54, 1.807) is 18.2 Å². The van der Waals surface area contributed by atoms with Gasteiger partial charge in [-0.15, -0.1) is 0 Å². The molecule has 0 radical (unpaired) electrons. The van der Waals surface area contributed by atoms with Crippen molar-refractivity contribution in [2.24, 2.45) is 0 Å². The second kappa shape index (κ2) is 6.66. The number of aldehydes is 1. The highest BCUT2D eigenvalue weighted by Crippen LogP contribution is 2.20. The van der Waals surface area contributed by atoms with Gasteiger partial charge in [0.25, 0.3) is 5.91 Å². The Morgan fingerprint density at radius 1 is 1.59 bits per heavy atom. The molecule has 0 bridgehead atoms. The maximum Gasteiger partial charge on any atom is 0.258 e. The van der Waals surface area contributed by atoms with E-state index in [0.29, 0.717) is 22.1 Å². The predicted octanol–water partition coefficient (Wildman–Crippen LogP) is 1.28. The van der Waals surface area contributed by atoms with E-state index >= 15 is 0 Å². The molecule has 1 rings (SSSR count). The quantitative estimate of drug-likeness (QED) is 0.656. The van der Waals surface area contributed by atoms with Crippen molar-refractivity contribution in [1.82, 2.24) is 5.32 Å². The summed E-state index contributed by atoms with van der Waals surface area (Å²) >= 11 is 3.20. The van der Waals surface area contributed by atoms with Crippen LogP contribution in [-0.4, -0.2) is 25.3 Å². The lowest BCUT2D eigenvalue weighted by atomic mass is 10.2. The molecule has 1 aromatic rings. The summed E-state index contributed by atoms with van der Waals surface area (Å²) in [6, 6.07) is 6.60. The van der Waals surface area contributed by atoms with Gasteiger partial charge < -0.3 is 10.1 Å². The molecule has 0 atom stereocenters. The Bertz CT molecular complexity index is 468. The molecule has 0 aliphatic rings. The van der Waals surface area contributed by atoms with E-state index in [9.17, 15) is 9.59 Å². The third-order valence-corrected chi connectivity index (χ3v) is 2.55. The largest absolute Gasteiger partial charge is 0.484 e. The summed E-state index contributed by atoms with van der Waals surface area (Å²) in [5, 5.41) is 10.6. The zero-order valence-corrected chi connectivity index (χ0v) is 10.4. The monoisotopic (exact) mass is 296 g/mol. The molecule has 0 saturated heterocycles. The lowest BCUT2D eigenvalue weighted by Crippen LogP contribution is -2.29. The molecular weight excluding hydrogens is 288 g/mol. The summed E-state index contributed by atoms with van der Waals surface area (Å²) in [5.74, 6) is 0.0320. The molecule has 1 N–H and O–H groups in total. The van der Waals surface area contributed by atoms with Crippen molar-refractivity contribution in [3.05, 3.63) is 28.2 Å². The predicted molar refractivity (Wildman–Crippen MR) is 63.6 cm³/mol. The van der Waals surface area contributed by atoms with Gasteiger partial charge in [0, 0.05) is 10.0 Å². The summed E-state index contributed by atoms with van der Waals surface area (Å²) in [4.78, 5) is 21.8. The number of hydrogen-bond acceptors (Lipinski definition) is 4. The standard InChI is InChI=1S/C11H9BrN2O3/c12-10-2-1-9(5-8(10)6-15)17-7-11(16)14-4-3-13/h1-2,5-6H,4,7H2,(H,14,16). The van der Waals surface area contributed by atoms with Gasteiger partial charge in [0.05, 0.1) is 6.07 Å². The fourth-order valence-electron chi connectivity index (χ4n) is 1.04. The van der Waals surface area contributed by atoms with Crippen LogP contribution in [0.15, 0.2) is 22.7 Å². The van der Waals surface area contributed by atoms with Gasteiger partial charge in [-0.3, -0.25) is 9.59 Å². The average Bonchev–Trinajstić information content (AvgIpc) is 2.35. The van der Waals surface area contributed by atoms with Gasteiger partial charge in [-0.25, -0.2) is 0 Å². The molecule has 5 nitrogen and oxygen atoms in total. The Kier molecular flexibility index (Phi) is 5.17. The number of carbonyl (C=O) groups is 2. The Hall–Kier alpha value is -1.87. The van der Waals surface area contributed by atoms with Crippen molar-refractivity contribution in [2.45, 2.75) is 0 Å². The number of benzene rings is 1. The molecule has 0 aromatic heterocycles. The first-order chi connectivity index (χ1) is 8.17. The summed E-state index contributed by atoms with van der Waals surface area (Å²) < 4.78 is 5.82. The lowest BCUT2D eigenvalue weighted by molar-refractivity contribution is -0.122. The second-order valence-corrected chi connectivity index (χ2v) is 3.88. The van der Waals surface area contributed by atoms with Gasteiger partial charge in [0.2, 0.25) is 0 Å². The van der Waals surface area contributed by atoms with E-state index in [1.165, 1.54) is 6.07 Å². The molecule has 0 fully saturated rings. The van der Waals surface area contributed by atoms with Crippen LogP contribution in [0, 0.1) is 11.3 Å². The molecule has 6 heteroatoms. The van der Waals surface area contributed by atoms with Crippen LogP contribution in [0.3, 0.4) is 0 Å². The van der Waals surface area contributed by atoms with Gasteiger partial charge in [-0.1, -0.05) is 15.9 Å². The fraction of sp³-hybridized carbons (Fsp3) is 0.182. The topological polar surface area (TPSA) is 79.2 Å². The van der Waals surface area contributed by atoms with E-state index in [0.717, 1.165) is 0 Å². The van der Waals surface area contributed by atoms with Crippen LogP contribution >= 0.6 is 15.9 Å². The van der Waals surface area contributed by atoms with Crippen molar-refractivity contribution >= 4 is 28.1 Å². The number of halogens is 1. The number of nitrogens with one attached hydrogen (secondary N) is 1. The summed E-state index contributed by atoms with van der Waals surface area (Å²) in [5.41, 5.74) is 0.444. The summed E-state index contributed by atoms with van der Waals surface area (Å²) in [6.45, 7) is -0.246. The third kappa shape index (κ3) is 4.25. The van der Waals surface area contributed by atoms with Gasteiger partial charge in [0.1, 0.15) is 12.3 Å². The molecule has 1 amide bonds. The number of carbonyl (C=O) groups excluding carboxylic acids is 2. The molecule has 0 aliphatic heterocycles. The van der Waals surface area contributed by atoms with Crippen LogP contribution in [-0.2, 0) is 4.79 Å². The molecule has 17 heavy (non-hydrogen) atoms. The molecule has 88 valence electrons. The van der Waals surface area contributed by atoms with Crippen molar-refractivity contribution in [3.63, 3.8) is 0 Å². The van der Waals surface area contributed by atoms with E-state index < -0.39 is 0 Å². The minimum atomic E-state index is -0.387. The Balaban J connectivity index is 2.55. The maximum absolute atomic E-state index is 11.1. The minimum absolute atomic E-state index is 0.0535. The highest BCUT2D eigenvalue weighted by Gasteiger charge is 2.04. The van der Waals surface area contributed by atoms with Gasteiger partial charge in [-0.2, -0.15) is 5.26 Å². The normalized spacial score (nSPS) is 9.18. The maximum atomic E-state index is 11.1.